The Kier molecular flexibility index (Phi) is 6.27. The zero-order valence-electron chi connectivity index (χ0n) is 22.3. The maximum atomic E-state index is 13.2. The van der Waals surface area contributed by atoms with Gasteiger partial charge >= 0.3 is 0 Å². The molecule has 2 aliphatic rings. The molecule has 8 nitrogen and oxygen atoms in total. The highest BCUT2D eigenvalue weighted by Gasteiger charge is 2.23. The first-order chi connectivity index (χ1) is 18.4. The highest BCUT2D eigenvalue weighted by molar-refractivity contribution is 5.93. The largest absolute Gasteiger partial charge is 0.384 e. The Hall–Kier alpha value is -3.91. The minimum Gasteiger partial charge on any atom is -0.384 e. The van der Waals surface area contributed by atoms with E-state index in [-0.39, 0.29) is 11.5 Å². The normalized spacial score (nSPS) is 16.0. The van der Waals surface area contributed by atoms with E-state index < -0.39 is 0 Å². The van der Waals surface area contributed by atoms with Gasteiger partial charge in [0, 0.05) is 74.5 Å². The summed E-state index contributed by atoms with van der Waals surface area (Å²) in [6.07, 6.45) is 6.61. The molecule has 0 spiro atoms. The number of fused-ring (bicyclic) bond motifs is 2. The Labute approximate surface area is 222 Å². The lowest BCUT2D eigenvalue weighted by atomic mass is 9.89. The fourth-order valence-electron chi connectivity index (χ4n) is 5.93. The van der Waals surface area contributed by atoms with Crippen molar-refractivity contribution in [1.82, 2.24) is 23.9 Å². The fraction of sp³-hybridized carbons (Fsp3) is 0.367. The second kappa shape index (κ2) is 9.76. The minimum atomic E-state index is 0.0389. The third-order valence-corrected chi connectivity index (χ3v) is 8.16. The summed E-state index contributed by atoms with van der Waals surface area (Å²) in [5.41, 5.74) is 6.87. The molecule has 6 rings (SSSR count). The third kappa shape index (κ3) is 4.28. The molecule has 8 heteroatoms. The summed E-state index contributed by atoms with van der Waals surface area (Å²) in [5.74, 6) is 0.550. The van der Waals surface area contributed by atoms with Gasteiger partial charge in [-0.1, -0.05) is 12.1 Å². The molecule has 0 saturated carbocycles. The molecule has 3 aromatic heterocycles. The lowest BCUT2D eigenvalue weighted by molar-refractivity contribution is 0.0827. The molecule has 0 aliphatic carbocycles. The summed E-state index contributed by atoms with van der Waals surface area (Å²) in [4.78, 5) is 34.2. The van der Waals surface area contributed by atoms with Crippen LogP contribution in [0.2, 0.25) is 0 Å². The summed E-state index contributed by atoms with van der Waals surface area (Å²) in [5, 5.41) is 4.29. The molecule has 1 aromatic carbocycles. The second-order valence-electron chi connectivity index (χ2n) is 10.7. The Balaban J connectivity index is 1.18. The van der Waals surface area contributed by atoms with Gasteiger partial charge in [-0.25, -0.2) is 4.98 Å². The van der Waals surface area contributed by atoms with Crippen LogP contribution in [0.4, 0.5) is 5.69 Å². The number of nitrogens with zero attached hydrogens (tertiary/aromatic N) is 5. The molecule has 1 N–H and O–H groups in total. The number of carbonyl (C=O) groups excluding carboxylic acids is 1. The van der Waals surface area contributed by atoms with Gasteiger partial charge in [0.1, 0.15) is 5.65 Å². The number of benzene rings is 1. The average Bonchev–Trinajstić information content (AvgIpc) is 3.54. The minimum absolute atomic E-state index is 0.0389. The van der Waals surface area contributed by atoms with Crippen LogP contribution < -0.4 is 10.9 Å². The van der Waals surface area contributed by atoms with Crippen LogP contribution in [-0.4, -0.2) is 63.6 Å². The number of nitrogens with one attached hydrogen (secondary N) is 1. The van der Waals surface area contributed by atoms with E-state index in [9.17, 15) is 9.59 Å². The van der Waals surface area contributed by atoms with Crippen molar-refractivity contribution in [3.05, 3.63) is 87.6 Å². The average molecular weight is 511 g/mol. The number of amides is 1. The zero-order valence-corrected chi connectivity index (χ0v) is 22.3. The summed E-state index contributed by atoms with van der Waals surface area (Å²) >= 11 is 0. The van der Waals surface area contributed by atoms with Crippen LogP contribution in [0.25, 0.3) is 16.7 Å². The molecule has 0 atom stereocenters. The Morgan fingerprint density at radius 1 is 1.11 bits per heavy atom. The Morgan fingerprint density at radius 3 is 2.61 bits per heavy atom. The summed E-state index contributed by atoms with van der Waals surface area (Å²) in [6.45, 7) is 3.69. The molecule has 196 valence electrons. The van der Waals surface area contributed by atoms with Gasteiger partial charge in [-0.05, 0) is 74.2 Å². The van der Waals surface area contributed by atoms with Crippen molar-refractivity contribution in [2.45, 2.75) is 31.7 Å². The molecule has 0 unspecified atom stereocenters. The number of carbonyl (C=O) groups is 1. The fourth-order valence-corrected chi connectivity index (χ4v) is 5.93. The quantitative estimate of drug-likeness (QED) is 0.442. The van der Waals surface area contributed by atoms with Gasteiger partial charge in [0.15, 0.2) is 0 Å². The van der Waals surface area contributed by atoms with Gasteiger partial charge in [-0.15, -0.1) is 0 Å². The van der Waals surface area contributed by atoms with Gasteiger partial charge in [0.05, 0.1) is 5.69 Å². The van der Waals surface area contributed by atoms with Crippen LogP contribution in [0, 0.1) is 0 Å². The molecule has 38 heavy (non-hydrogen) atoms. The van der Waals surface area contributed by atoms with Crippen molar-refractivity contribution < 1.29 is 4.79 Å². The van der Waals surface area contributed by atoms with Crippen molar-refractivity contribution in [1.29, 1.82) is 0 Å². The van der Waals surface area contributed by atoms with Gasteiger partial charge in [-0.2, -0.15) is 0 Å². The van der Waals surface area contributed by atoms with E-state index >= 15 is 0 Å². The van der Waals surface area contributed by atoms with Crippen LogP contribution in [0.3, 0.4) is 0 Å². The smallest absolute Gasteiger partial charge is 0.260 e. The molecular weight excluding hydrogens is 476 g/mol. The van der Waals surface area contributed by atoms with Gasteiger partial charge in [-0.3, -0.25) is 19.1 Å². The SMILES string of the molecule is CN(C)C(=O)c1ccc(C2CCN(Cc3cc4c(-n5ccc6c(c5=O)CCN6)ccnc4n3C)CC2)cc1. The van der Waals surface area contributed by atoms with E-state index in [1.54, 1.807) is 29.8 Å². The van der Waals surface area contributed by atoms with Crippen LogP contribution >= 0.6 is 0 Å². The summed E-state index contributed by atoms with van der Waals surface area (Å²) in [7, 11) is 5.62. The molecule has 5 heterocycles. The number of piperidine rings is 1. The first kappa shape index (κ1) is 24.4. The van der Waals surface area contributed by atoms with Crippen molar-refractivity contribution in [2.24, 2.45) is 7.05 Å². The summed E-state index contributed by atoms with van der Waals surface area (Å²) in [6, 6.07) is 14.3. The molecular formula is C30H34N6O2. The Morgan fingerprint density at radius 2 is 1.87 bits per heavy atom. The highest BCUT2D eigenvalue weighted by atomic mass is 16.2. The van der Waals surface area contributed by atoms with Crippen LogP contribution in [0.5, 0.6) is 0 Å². The number of likely N-dealkylation sites (tertiary alicyclic amines) is 1. The number of hydrogen-bond donors (Lipinski definition) is 1. The number of pyridine rings is 2. The molecule has 1 amide bonds. The number of aromatic nitrogens is 3. The molecule has 1 fully saturated rings. The van der Waals surface area contributed by atoms with Crippen LogP contribution in [-0.2, 0) is 20.0 Å². The van der Waals surface area contributed by atoms with Crippen molar-refractivity contribution in [3.8, 4) is 5.69 Å². The van der Waals surface area contributed by atoms with E-state index in [4.69, 9.17) is 0 Å². The van der Waals surface area contributed by atoms with E-state index in [0.717, 1.165) is 79.0 Å². The molecule has 4 aromatic rings. The topological polar surface area (TPSA) is 75.4 Å². The standard InChI is InChI=1S/C30H34N6O2/c1-33(2)29(37)22-6-4-20(5-7-22)21-10-15-35(16-11-21)19-23-18-25-27(9-14-32-28(25)34(23)3)36-17-12-26-24(30(36)38)8-13-31-26/h4-7,9,12,14,17-18,21,31H,8,10-11,13,15-16,19H2,1-3H3. The molecule has 2 aliphatic heterocycles. The first-order valence-corrected chi connectivity index (χ1v) is 13.4. The lowest BCUT2D eigenvalue weighted by Gasteiger charge is -2.32. The number of aryl methyl sites for hydroxylation is 1. The molecule has 0 bridgehead atoms. The molecule has 0 radical (unpaired) electrons. The van der Waals surface area contributed by atoms with Gasteiger partial charge in [0.25, 0.3) is 11.5 Å². The first-order valence-electron chi connectivity index (χ1n) is 13.4. The predicted molar refractivity (Wildman–Crippen MR) is 150 cm³/mol. The van der Waals surface area contributed by atoms with Crippen LogP contribution in [0.1, 0.15) is 45.9 Å². The Bertz CT molecular complexity index is 1560. The second-order valence-corrected chi connectivity index (χ2v) is 10.7. The molecule has 1 saturated heterocycles. The van der Waals surface area contributed by atoms with E-state index in [0.29, 0.717) is 5.92 Å². The number of anilines is 1. The zero-order chi connectivity index (χ0) is 26.4. The third-order valence-electron chi connectivity index (χ3n) is 8.16. The van der Waals surface area contributed by atoms with E-state index in [1.807, 2.05) is 30.5 Å². The highest BCUT2D eigenvalue weighted by Crippen LogP contribution is 2.30. The number of hydrogen-bond acceptors (Lipinski definition) is 5. The monoisotopic (exact) mass is 510 g/mol. The van der Waals surface area contributed by atoms with Gasteiger partial charge < -0.3 is 14.8 Å². The van der Waals surface area contributed by atoms with Crippen LogP contribution in [0.15, 0.2) is 59.7 Å². The van der Waals surface area contributed by atoms with Crippen molar-refractivity contribution in [2.75, 3.05) is 39.0 Å². The van der Waals surface area contributed by atoms with Gasteiger partial charge in [0.2, 0.25) is 0 Å². The summed E-state index contributed by atoms with van der Waals surface area (Å²) < 4.78 is 3.92. The van der Waals surface area contributed by atoms with Crippen molar-refractivity contribution in [3.63, 3.8) is 0 Å². The predicted octanol–water partition coefficient (Wildman–Crippen LogP) is 3.77. The van der Waals surface area contributed by atoms with Crippen molar-refractivity contribution >= 4 is 22.6 Å². The van der Waals surface area contributed by atoms with E-state index in [1.165, 1.54) is 11.3 Å². The number of rotatable bonds is 5. The maximum absolute atomic E-state index is 13.2. The maximum Gasteiger partial charge on any atom is 0.260 e. The van der Waals surface area contributed by atoms with E-state index in [2.05, 4.69) is 45.0 Å². The lowest BCUT2D eigenvalue weighted by Crippen LogP contribution is -2.33.